The van der Waals surface area contributed by atoms with Crippen LogP contribution in [0.2, 0.25) is 10.0 Å². The average Bonchev–Trinajstić information content (AvgIpc) is 4.20. The van der Waals surface area contributed by atoms with Crippen LogP contribution in [0, 0.1) is 0 Å². The number of aromatic nitrogens is 4. The highest BCUT2D eigenvalue weighted by atomic mass is 35.5. The molecule has 3 N–H and O–H groups in total. The lowest BCUT2D eigenvalue weighted by molar-refractivity contribution is -0.156. The molecular weight excluding hydrogens is 1010 g/mol. The first kappa shape index (κ1) is 53.9. The van der Waals surface area contributed by atoms with Gasteiger partial charge in [0.1, 0.15) is 28.4 Å². The molecule has 16 nitrogen and oxygen atoms in total. The van der Waals surface area contributed by atoms with Gasteiger partial charge < -0.3 is 44.2 Å². The van der Waals surface area contributed by atoms with Crippen LogP contribution in [-0.2, 0) is 36.8 Å². The third kappa shape index (κ3) is 13.6. The van der Waals surface area contributed by atoms with Gasteiger partial charge in [0.25, 0.3) is 11.8 Å². The molecule has 6 aromatic rings. The molecule has 0 saturated carbocycles. The number of carbonyl (C=O) groups excluding carboxylic acids is 5. The van der Waals surface area contributed by atoms with Gasteiger partial charge in [-0.25, -0.2) is 14.8 Å². The molecule has 8 heterocycles. The number of piperazine rings is 2. The molecule has 2 atom stereocenters. The number of alkyl halides is 6. The maximum absolute atomic E-state index is 13.3. The number of hydrogen-bond acceptors (Lipinski definition) is 11. The molecule has 24 heteroatoms. The molecule has 3 amide bonds. The molecule has 0 spiro atoms. The topological polar surface area (TPSA) is 192 Å². The van der Waals surface area contributed by atoms with Gasteiger partial charge >= 0.3 is 18.4 Å². The van der Waals surface area contributed by atoms with Crippen molar-refractivity contribution in [2.75, 3.05) is 52.4 Å². The van der Waals surface area contributed by atoms with Crippen LogP contribution in [0.3, 0.4) is 0 Å². The summed E-state index contributed by atoms with van der Waals surface area (Å²) < 4.78 is 80.4. The molecular formula is C49H48Cl2F6N8O8. The van der Waals surface area contributed by atoms with E-state index in [0.717, 1.165) is 87.4 Å². The Bertz CT molecular complexity index is 2960. The van der Waals surface area contributed by atoms with Gasteiger partial charge in [-0.05, 0) is 80.4 Å². The summed E-state index contributed by atoms with van der Waals surface area (Å²) in [7, 11) is 0. The number of amides is 3. The minimum atomic E-state index is -4.64. The first-order chi connectivity index (χ1) is 34.5. The van der Waals surface area contributed by atoms with Gasteiger partial charge in [-0.3, -0.25) is 19.2 Å². The molecule has 2 fully saturated rings. The van der Waals surface area contributed by atoms with Crippen LogP contribution in [0.1, 0.15) is 31.9 Å². The Labute approximate surface area is 423 Å². The number of halogens is 8. The van der Waals surface area contributed by atoms with E-state index in [-0.39, 0.29) is 17.9 Å². The minimum Gasteiger partial charge on any atom is -0.479 e. The minimum absolute atomic E-state index is 0.0521. The number of H-pyrrole nitrogens is 2. The second kappa shape index (κ2) is 22.5. The van der Waals surface area contributed by atoms with Crippen LogP contribution in [-0.4, -0.2) is 148 Å². The van der Waals surface area contributed by atoms with E-state index < -0.39 is 42.7 Å². The quantitative estimate of drug-likeness (QED) is 0.114. The van der Waals surface area contributed by atoms with Crippen LogP contribution in [0.5, 0.6) is 11.5 Å². The fourth-order valence-corrected chi connectivity index (χ4v) is 8.93. The SMILES string of the molecule is CC(C)(C)OC(=O)N1CCN(C(=O)C2Cc3cc(Cl)cc(-c4ccnc5[nH]ccc45)c3O2)CC1.O=C(C1Cc2cc(Cl)cc(-c3ccnc4[nH]ccc34)c2O1)N1CCNCC1.O=CC(F)(F)F.O=CC(F)(F)F. The number of rotatable bonds is 4. The van der Waals surface area contributed by atoms with Gasteiger partial charge in [0.2, 0.25) is 12.6 Å². The van der Waals surface area contributed by atoms with E-state index in [1.807, 2.05) is 86.6 Å². The summed E-state index contributed by atoms with van der Waals surface area (Å²) in [5.74, 6) is 1.41. The fraction of sp³-hybridized carbons (Fsp3) is 0.367. The standard InChI is InChI=1S/C25H27ClN4O4.C20H19ClN4O2.2C2HF3O/c1-25(2,3)34-24(32)30-10-8-29(9-11-30)23(31)20-13-15-12-16(26)14-19(21(15)33-20)17-4-6-27-22-18(17)5-7-28-22;21-13-9-12-10-17(20(26)25-7-5-22-6-8-25)27-18(12)16(11-13)14-1-3-23-19-15(14)2-4-24-19;2*3-2(4,5)1-6/h4-7,12,14,20H,8-11,13H2,1-3H3,(H,27,28);1-4,9,11,17,22H,5-8,10H2,(H,23,24);2*1H. The Morgan fingerprint density at radius 1 is 0.630 bits per heavy atom. The van der Waals surface area contributed by atoms with Crippen molar-refractivity contribution in [2.24, 2.45) is 0 Å². The summed E-state index contributed by atoms with van der Waals surface area (Å²) in [6, 6.07) is 15.4. The third-order valence-electron chi connectivity index (χ3n) is 11.6. The molecule has 4 aliphatic heterocycles. The summed E-state index contributed by atoms with van der Waals surface area (Å²) in [6.07, 6.45) is -4.65. The molecule has 0 aliphatic carbocycles. The van der Waals surface area contributed by atoms with E-state index in [1.54, 1.807) is 22.2 Å². The summed E-state index contributed by atoms with van der Waals surface area (Å²) in [5.41, 5.74) is 6.62. The zero-order chi connectivity index (χ0) is 52.8. The van der Waals surface area contributed by atoms with Gasteiger partial charge in [0.05, 0.1) is 0 Å². The monoisotopic (exact) mass is 1060 g/mol. The average molecular weight is 1060 g/mol. The zero-order valence-electron chi connectivity index (χ0n) is 39.3. The van der Waals surface area contributed by atoms with E-state index in [4.69, 9.17) is 47.0 Å². The van der Waals surface area contributed by atoms with Crippen molar-refractivity contribution in [3.8, 4) is 33.8 Å². The zero-order valence-corrected chi connectivity index (χ0v) is 40.8. The van der Waals surface area contributed by atoms with Crippen molar-refractivity contribution in [3.05, 3.63) is 94.5 Å². The van der Waals surface area contributed by atoms with Crippen molar-refractivity contribution in [1.82, 2.24) is 40.0 Å². The summed E-state index contributed by atoms with van der Waals surface area (Å²) >= 11 is 12.8. The number of ether oxygens (including phenoxy) is 3. The van der Waals surface area contributed by atoms with Crippen LogP contribution in [0.25, 0.3) is 44.3 Å². The molecule has 2 unspecified atom stereocenters. The van der Waals surface area contributed by atoms with Gasteiger partial charge in [-0.2, -0.15) is 26.3 Å². The number of hydrogen-bond donors (Lipinski definition) is 3. The van der Waals surface area contributed by atoms with E-state index in [1.165, 1.54) is 0 Å². The molecule has 0 radical (unpaired) electrons. The van der Waals surface area contributed by atoms with Crippen molar-refractivity contribution < 1.29 is 64.5 Å². The molecule has 4 aliphatic rings. The van der Waals surface area contributed by atoms with Crippen LogP contribution in [0.4, 0.5) is 31.1 Å². The lowest BCUT2D eigenvalue weighted by Gasteiger charge is -2.36. The normalized spacial score (nSPS) is 17.3. The number of benzene rings is 2. The maximum atomic E-state index is 13.3. The number of nitrogens with zero attached hydrogens (tertiary/aromatic N) is 5. The molecule has 2 saturated heterocycles. The third-order valence-corrected chi connectivity index (χ3v) is 12.0. The summed E-state index contributed by atoms with van der Waals surface area (Å²) in [5, 5.41) is 6.47. The van der Waals surface area contributed by atoms with Gasteiger partial charge in [-0.1, -0.05) is 23.2 Å². The molecule has 388 valence electrons. The summed E-state index contributed by atoms with van der Waals surface area (Å²) in [6.45, 7) is 10.4. The van der Waals surface area contributed by atoms with Crippen LogP contribution in [0.15, 0.2) is 73.3 Å². The van der Waals surface area contributed by atoms with Crippen molar-refractivity contribution >= 4 is 75.7 Å². The highest BCUT2D eigenvalue weighted by molar-refractivity contribution is 6.31. The molecule has 0 bridgehead atoms. The Hall–Kier alpha value is -6.91. The maximum Gasteiger partial charge on any atom is 0.446 e. The lowest BCUT2D eigenvalue weighted by Crippen LogP contribution is -2.54. The molecule has 10 rings (SSSR count). The van der Waals surface area contributed by atoms with Gasteiger partial charge in [-0.15, -0.1) is 0 Å². The van der Waals surface area contributed by atoms with E-state index in [9.17, 15) is 40.7 Å². The number of carbonyl (C=O) groups is 5. The number of aldehydes is 2. The van der Waals surface area contributed by atoms with Gasteiger partial charge in [0.15, 0.2) is 12.2 Å². The number of nitrogens with one attached hydrogen (secondary N) is 3. The Morgan fingerprint density at radius 3 is 1.42 bits per heavy atom. The number of fused-ring (bicyclic) bond motifs is 4. The lowest BCUT2D eigenvalue weighted by atomic mass is 9.99. The first-order valence-corrected chi connectivity index (χ1v) is 23.4. The molecule has 2 aromatic carbocycles. The van der Waals surface area contributed by atoms with Crippen LogP contribution >= 0.6 is 23.2 Å². The largest absolute Gasteiger partial charge is 0.479 e. The Balaban J connectivity index is 0.000000178. The second-order valence-corrected chi connectivity index (χ2v) is 18.8. The number of aromatic amines is 2. The van der Waals surface area contributed by atoms with E-state index in [0.29, 0.717) is 54.8 Å². The second-order valence-electron chi connectivity index (χ2n) is 17.9. The van der Waals surface area contributed by atoms with Crippen LogP contribution < -0.4 is 14.8 Å². The molecule has 4 aromatic heterocycles. The number of pyridine rings is 2. The van der Waals surface area contributed by atoms with Crippen molar-refractivity contribution in [3.63, 3.8) is 0 Å². The van der Waals surface area contributed by atoms with E-state index >= 15 is 0 Å². The van der Waals surface area contributed by atoms with Crippen molar-refractivity contribution in [2.45, 2.75) is 63.8 Å². The molecule has 73 heavy (non-hydrogen) atoms. The highest BCUT2D eigenvalue weighted by Crippen LogP contribution is 2.45. The fourth-order valence-electron chi connectivity index (χ4n) is 8.44. The Kier molecular flexibility index (Phi) is 16.6. The predicted molar refractivity (Wildman–Crippen MR) is 257 cm³/mol. The van der Waals surface area contributed by atoms with Crippen molar-refractivity contribution in [1.29, 1.82) is 0 Å². The smallest absolute Gasteiger partial charge is 0.446 e. The van der Waals surface area contributed by atoms with E-state index in [2.05, 4.69) is 25.3 Å². The van der Waals surface area contributed by atoms with Gasteiger partial charge in [0, 0.05) is 133 Å². The first-order valence-electron chi connectivity index (χ1n) is 22.7. The highest BCUT2D eigenvalue weighted by Gasteiger charge is 2.38. The summed E-state index contributed by atoms with van der Waals surface area (Å²) in [4.78, 5) is 76.2. The predicted octanol–water partition coefficient (Wildman–Crippen LogP) is 8.38. The Morgan fingerprint density at radius 2 is 1.03 bits per heavy atom.